The minimum atomic E-state index is -1.96. The molecule has 1 fully saturated rings. The molecule has 18 amide bonds. The molecule has 1 aliphatic heterocycles. The van der Waals surface area contributed by atoms with Gasteiger partial charge in [-0.2, -0.15) is 0 Å². The number of carboxylic acid groups (broad SMARTS) is 1. The van der Waals surface area contributed by atoms with Crippen molar-refractivity contribution < 1.29 is 117 Å². The summed E-state index contributed by atoms with van der Waals surface area (Å²) in [4.78, 5) is 269. The van der Waals surface area contributed by atoms with Crippen molar-refractivity contribution in [3.05, 3.63) is 108 Å². The van der Waals surface area contributed by atoms with Gasteiger partial charge in [0, 0.05) is 74.4 Å². The standard InChI is InChI=1S/C93H142N28O24S2/c1-9-49(5)73-87(141)113-60(30-21-35-102-93(98)99)79(133)112-62(32-37-147-146-36-31-61(81(135)114-63(83(137)119-73)38-53-22-13-11-14-23-53)111-78(132)58(28-19-33-100-91(94)95)108-71(129)44-106-76(130)66(45-122)107-52(8)126)82(136)118-72(48(3)4)86(140)120-74(50(6)10-2)88(142)115-64(39-54-24-15-12-16-25-54)84(138)121-75(51(7)125)89(143)117-67(46-123)77(131)105-42-69(127)104-43-70(128)109-68(47-124)85(139)110-59(29-20-34-101-92(96)97)80(134)116-65(90(144)145)40-55-41-103-57-27-18-17-26-56(55)57/h11-18,22-27,41,48-51,58-68,72-75,103,122-125H,9-10,19-21,28-40,42-47H2,1-8H3,(H,104,127)(H,105,131)(H,106,130)(H,107,126)(H,108,129)(H,109,128)(H,110,139)(H,111,132)(H,112,133)(H,113,141)(H,114,135)(H,115,142)(H,116,134)(H,117,143)(H,118,136)(H,119,137)(H,120,140)(H,121,138)(H,144,145)(H4,94,95,100)(H4,96,97,101)(H4,98,99,102)/t49-,50-,51+,58-,59-,60-,61-,62-,63-,64-,65-,66-,67-,68-,72-,73-,74-,75-/m0/s1. The smallest absolute Gasteiger partial charge is 0.326 e. The number of nitrogens with one attached hydrogen (secondary N) is 25. The van der Waals surface area contributed by atoms with Crippen LogP contribution in [0.2, 0.25) is 0 Å². The lowest BCUT2D eigenvalue weighted by Gasteiger charge is -2.31. The predicted molar refractivity (Wildman–Crippen MR) is 542 cm³/mol. The minimum Gasteiger partial charge on any atom is -0.480 e. The van der Waals surface area contributed by atoms with Crippen molar-refractivity contribution in [1.29, 1.82) is 16.2 Å². The number of aliphatic carboxylic acids is 1. The maximum atomic E-state index is 15.2. The number of carbonyl (C=O) groups excluding carboxylic acids is 18. The van der Waals surface area contributed by atoms with E-state index in [4.69, 9.17) is 33.4 Å². The van der Waals surface area contributed by atoms with E-state index in [1.54, 1.807) is 133 Å². The summed E-state index contributed by atoms with van der Waals surface area (Å²) in [5.74, 6) is -22.6. The molecule has 18 atom stereocenters. The fraction of sp³-hybridized carbons (Fsp3) is 0.548. The van der Waals surface area contributed by atoms with Gasteiger partial charge in [0.1, 0.15) is 90.6 Å². The third-order valence-electron chi connectivity index (χ3n) is 23.5. The summed E-state index contributed by atoms with van der Waals surface area (Å²) < 4.78 is 0. The highest BCUT2D eigenvalue weighted by molar-refractivity contribution is 8.76. The van der Waals surface area contributed by atoms with Crippen LogP contribution in [0.25, 0.3) is 10.9 Å². The number of aromatic amines is 1. The number of nitrogens with two attached hydrogens (primary N) is 3. The Morgan fingerprint density at radius 3 is 1.48 bits per heavy atom. The summed E-state index contributed by atoms with van der Waals surface area (Å²) >= 11 is 0. The molecule has 4 aromatic rings. The lowest BCUT2D eigenvalue weighted by molar-refractivity contribution is -0.142. The number of hydrogen-bond acceptors (Lipinski definition) is 28. The highest BCUT2D eigenvalue weighted by atomic mass is 33.1. The summed E-state index contributed by atoms with van der Waals surface area (Å²) in [5, 5.41) is 128. The van der Waals surface area contributed by atoms with Crippen molar-refractivity contribution in [1.82, 2.24) is 117 Å². The van der Waals surface area contributed by atoms with Gasteiger partial charge in [-0.05, 0) is 98.8 Å². The number of fused-ring (bicyclic) bond motifs is 1. The minimum absolute atomic E-state index is 0.00865. The molecule has 0 unspecified atom stereocenters. The molecule has 1 aliphatic rings. The summed E-state index contributed by atoms with van der Waals surface area (Å²) in [6.07, 6.45) is -1.09. The summed E-state index contributed by atoms with van der Waals surface area (Å²) in [5.41, 5.74) is 18.8. The number of carbonyl (C=O) groups is 19. The zero-order chi connectivity index (χ0) is 109. The molecule has 0 radical (unpaired) electrons. The average molecular weight is 2100 g/mol. The number of H-pyrrole nitrogens is 1. The summed E-state index contributed by atoms with van der Waals surface area (Å²) in [7, 11) is 2.28. The second kappa shape index (κ2) is 64.4. The van der Waals surface area contributed by atoms with Crippen LogP contribution in [0.3, 0.4) is 0 Å². The number of aliphatic hydroxyl groups is 4. The van der Waals surface area contributed by atoms with Gasteiger partial charge < -0.3 is 159 Å². The van der Waals surface area contributed by atoms with Crippen molar-refractivity contribution in [2.45, 2.75) is 236 Å². The maximum Gasteiger partial charge on any atom is 0.326 e. The van der Waals surface area contributed by atoms with E-state index in [1.807, 2.05) is 0 Å². The van der Waals surface area contributed by atoms with Gasteiger partial charge in [-0.25, -0.2) is 4.79 Å². The second-order valence-electron chi connectivity index (χ2n) is 35.4. The predicted octanol–water partition coefficient (Wildman–Crippen LogP) is -8.01. The highest BCUT2D eigenvalue weighted by Crippen LogP contribution is 2.26. The molecule has 2 heterocycles. The number of aliphatic hydroxyl groups excluding tert-OH is 4. The number of para-hydroxylation sites is 1. The number of hydrogen-bond donors (Lipinski definition) is 33. The van der Waals surface area contributed by atoms with E-state index in [-0.39, 0.29) is 115 Å². The van der Waals surface area contributed by atoms with E-state index in [9.17, 15) is 92.7 Å². The first-order valence-electron chi connectivity index (χ1n) is 48.0. The number of amides is 18. The molecule has 52 nitrogen and oxygen atoms in total. The molecule has 1 aromatic heterocycles. The molecule has 147 heavy (non-hydrogen) atoms. The van der Waals surface area contributed by atoms with E-state index < -0.39 is 284 Å². The number of aromatic nitrogens is 1. The fourth-order valence-corrected chi connectivity index (χ4v) is 17.0. The number of carboxylic acids is 1. The van der Waals surface area contributed by atoms with E-state index in [2.05, 4.69) is 117 Å². The lowest BCUT2D eigenvalue weighted by atomic mass is 9.95. The third kappa shape index (κ3) is 43.7. The van der Waals surface area contributed by atoms with Crippen LogP contribution in [0.4, 0.5) is 0 Å². The van der Waals surface area contributed by atoms with Crippen LogP contribution in [0, 0.1) is 34.0 Å². The largest absolute Gasteiger partial charge is 0.480 e. The van der Waals surface area contributed by atoms with Crippen LogP contribution >= 0.6 is 21.6 Å². The van der Waals surface area contributed by atoms with Crippen LogP contribution < -0.4 is 129 Å². The zero-order valence-electron chi connectivity index (χ0n) is 83.1. The van der Waals surface area contributed by atoms with Crippen LogP contribution in [-0.4, -0.2) is 328 Å². The molecule has 5 rings (SSSR count). The Labute approximate surface area is 856 Å². The molecule has 3 aromatic carbocycles. The van der Waals surface area contributed by atoms with E-state index in [1.165, 1.54) is 0 Å². The van der Waals surface area contributed by atoms with Crippen molar-refractivity contribution in [3.63, 3.8) is 0 Å². The van der Waals surface area contributed by atoms with Crippen LogP contribution in [0.15, 0.2) is 91.1 Å². The topological polar surface area (TPSA) is 844 Å². The Kier molecular flexibility index (Phi) is 53.8. The third-order valence-corrected chi connectivity index (χ3v) is 25.9. The normalized spacial score (nSPS) is 17.9. The maximum absolute atomic E-state index is 15.2. The van der Waals surface area contributed by atoms with Gasteiger partial charge >= 0.3 is 5.97 Å². The fourth-order valence-electron chi connectivity index (χ4n) is 14.9. The van der Waals surface area contributed by atoms with Crippen molar-refractivity contribution in [2.75, 3.05) is 70.6 Å². The van der Waals surface area contributed by atoms with Crippen molar-refractivity contribution in [2.24, 2.45) is 35.0 Å². The van der Waals surface area contributed by atoms with Gasteiger partial charge in [0.05, 0.1) is 45.6 Å². The van der Waals surface area contributed by atoms with Gasteiger partial charge in [0.25, 0.3) is 0 Å². The Morgan fingerprint density at radius 2 is 0.918 bits per heavy atom. The van der Waals surface area contributed by atoms with Crippen LogP contribution in [-0.2, 0) is 110 Å². The second-order valence-corrected chi connectivity index (χ2v) is 38.1. The SMILES string of the molecule is CC[C@H](C)[C@@H]1NC(=O)[C@H](Cc2ccccc2)NC(=O)[C@@H](NC(=O)[C@H](CCCNC(=N)N)NC(=O)CNC(=O)[C@H](CO)NC(C)=O)CCSSCC[C@@H](C(=O)N[C@H](C(=O)N[C@H](C(=O)N[C@@H](Cc2ccccc2)C(=O)N[C@H](C(=O)N[C@@H](CO)C(=O)NCC(=O)NCC(=O)N[C@@H](CO)C(=O)N[C@@H](CCCNC(=N)N)C(=O)N[C@@H](Cc2c[nH]c3ccccc23)C(=O)O)[C@@H](C)O)[C@@H](C)CC)C(C)C)NC(=O)[C@H](CCCNC(=N)N)NC1=O. The first-order valence-corrected chi connectivity index (χ1v) is 50.5. The van der Waals surface area contributed by atoms with Gasteiger partial charge in [-0.3, -0.25) is 103 Å². The molecule has 810 valence electrons. The molecular formula is C93H142N28O24S2. The van der Waals surface area contributed by atoms with Gasteiger partial charge in [0.2, 0.25) is 106 Å². The quantitative estimate of drug-likeness (QED) is 0.00845. The summed E-state index contributed by atoms with van der Waals surface area (Å²) in [6, 6.07) is -0.0754. The highest BCUT2D eigenvalue weighted by Gasteiger charge is 2.41. The van der Waals surface area contributed by atoms with Crippen molar-refractivity contribution >= 4 is 163 Å². The Bertz CT molecular complexity index is 5150. The van der Waals surface area contributed by atoms with Gasteiger partial charge in [-0.1, -0.05) is 155 Å². The van der Waals surface area contributed by atoms with E-state index in [0.717, 1.165) is 35.4 Å². The first-order chi connectivity index (χ1) is 69.8. The Balaban J connectivity index is 1.36. The molecule has 36 N–H and O–H groups in total. The van der Waals surface area contributed by atoms with E-state index in [0.29, 0.717) is 27.6 Å². The van der Waals surface area contributed by atoms with Gasteiger partial charge in [-0.15, -0.1) is 0 Å². The Morgan fingerprint density at radius 1 is 0.449 bits per heavy atom. The number of benzene rings is 3. The monoisotopic (exact) mass is 2100 g/mol. The van der Waals surface area contributed by atoms with Crippen molar-refractivity contribution in [3.8, 4) is 0 Å². The van der Waals surface area contributed by atoms with Crippen LogP contribution in [0.5, 0.6) is 0 Å². The molecule has 0 aliphatic carbocycles. The Hall–Kier alpha value is -14.5. The molecule has 1 saturated heterocycles. The molecule has 54 heteroatoms. The van der Waals surface area contributed by atoms with Crippen LogP contribution in [0.1, 0.15) is 136 Å². The van der Waals surface area contributed by atoms with E-state index >= 15 is 24.0 Å². The molecular weight excluding hydrogens is 1960 g/mol. The summed E-state index contributed by atoms with van der Waals surface area (Å²) in [6.45, 7) is 6.44. The molecule has 0 saturated carbocycles. The molecule has 0 bridgehead atoms. The lowest BCUT2D eigenvalue weighted by Crippen LogP contribution is -2.63. The first kappa shape index (κ1) is 123. The van der Waals surface area contributed by atoms with Gasteiger partial charge in [0.15, 0.2) is 17.9 Å². The zero-order valence-corrected chi connectivity index (χ0v) is 84.8. The number of guanidine groups is 3. The number of rotatable bonds is 55. The molecule has 0 spiro atoms. The average Bonchev–Trinajstić information content (AvgIpc) is 1.69.